The Bertz CT molecular complexity index is 366. The number of benzene rings is 1. The molecule has 1 fully saturated rings. The molecule has 0 spiro atoms. The topological polar surface area (TPSA) is 56.5 Å². The maximum Gasteiger partial charge on any atom is 0.0991 e. The van der Waals surface area contributed by atoms with Gasteiger partial charge in [0.15, 0.2) is 0 Å². The molecule has 0 aromatic heterocycles. The van der Waals surface area contributed by atoms with Gasteiger partial charge in [-0.15, -0.1) is 0 Å². The van der Waals surface area contributed by atoms with Crippen molar-refractivity contribution in [3.8, 4) is 0 Å². The van der Waals surface area contributed by atoms with Crippen molar-refractivity contribution in [1.29, 1.82) is 0 Å². The van der Waals surface area contributed by atoms with E-state index in [1.54, 1.807) is 0 Å². The summed E-state index contributed by atoms with van der Waals surface area (Å²) >= 11 is 0. The van der Waals surface area contributed by atoms with Crippen molar-refractivity contribution in [3.63, 3.8) is 0 Å². The molecule has 4 nitrogen and oxygen atoms in total. The number of hydrogen-bond donors (Lipinski definition) is 2. The van der Waals surface area contributed by atoms with Gasteiger partial charge in [-0.25, -0.2) is 0 Å². The lowest BCUT2D eigenvalue weighted by Crippen LogP contribution is -2.42. The number of hydrazine groups is 1. The van der Waals surface area contributed by atoms with Crippen molar-refractivity contribution in [2.75, 3.05) is 19.8 Å². The van der Waals surface area contributed by atoms with Crippen molar-refractivity contribution in [2.45, 2.75) is 38.3 Å². The van der Waals surface area contributed by atoms with Gasteiger partial charge in [0.1, 0.15) is 0 Å². The van der Waals surface area contributed by atoms with Crippen LogP contribution in [-0.2, 0) is 9.47 Å². The van der Waals surface area contributed by atoms with Crippen LogP contribution in [0.3, 0.4) is 0 Å². The van der Waals surface area contributed by atoms with Crippen LogP contribution in [0.2, 0.25) is 0 Å². The summed E-state index contributed by atoms with van der Waals surface area (Å²) in [5.74, 6) is 6.46. The average molecular weight is 278 g/mol. The van der Waals surface area contributed by atoms with E-state index in [9.17, 15) is 0 Å². The summed E-state index contributed by atoms with van der Waals surface area (Å²) in [5.41, 5.74) is 4.15. The number of rotatable bonds is 7. The standard InChI is InChI=1S/C16H26N2O2/c1-2-20-16(14-6-4-3-5-7-14)15(18-17)12-13-8-10-19-11-9-13/h3-7,13,15-16,18H,2,8-12,17H2,1H3. The van der Waals surface area contributed by atoms with E-state index in [1.807, 2.05) is 25.1 Å². The zero-order valence-electron chi connectivity index (χ0n) is 12.3. The molecule has 0 aliphatic carbocycles. The zero-order valence-corrected chi connectivity index (χ0v) is 12.3. The van der Waals surface area contributed by atoms with Gasteiger partial charge in [-0.05, 0) is 37.7 Å². The van der Waals surface area contributed by atoms with Gasteiger partial charge in [0.25, 0.3) is 0 Å². The molecule has 1 aromatic rings. The van der Waals surface area contributed by atoms with Crippen LogP contribution in [0.25, 0.3) is 0 Å². The van der Waals surface area contributed by atoms with Gasteiger partial charge in [0, 0.05) is 19.8 Å². The normalized spacial score (nSPS) is 19.7. The molecule has 112 valence electrons. The van der Waals surface area contributed by atoms with Crippen molar-refractivity contribution >= 4 is 0 Å². The van der Waals surface area contributed by atoms with Gasteiger partial charge in [-0.2, -0.15) is 0 Å². The molecule has 0 radical (unpaired) electrons. The minimum atomic E-state index is 0.00837. The van der Waals surface area contributed by atoms with Crippen LogP contribution < -0.4 is 11.3 Å². The van der Waals surface area contributed by atoms with E-state index in [2.05, 4.69) is 17.6 Å². The van der Waals surface area contributed by atoms with E-state index < -0.39 is 0 Å². The lowest BCUT2D eigenvalue weighted by molar-refractivity contribution is 0.0127. The Balaban J connectivity index is 2.04. The van der Waals surface area contributed by atoms with Crippen molar-refractivity contribution in [1.82, 2.24) is 5.43 Å². The summed E-state index contributed by atoms with van der Waals surface area (Å²) in [6.07, 6.45) is 3.27. The van der Waals surface area contributed by atoms with Crippen LogP contribution in [0, 0.1) is 5.92 Å². The summed E-state index contributed by atoms with van der Waals surface area (Å²) in [5, 5.41) is 0. The molecule has 1 aromatic carbocycles. The van der Waals surface area contributed by atoms with Gasteiger partial charge in [-0.3, -0.25) is 11.3 Å². The third-order valence-corrected chi connectivity index (χ3v) is 3.98. The van der Waals surface area contributed by atoms with E-state index in [0.717, 1.165) is 32.5 Å². The van der Waals surface area contributed by atoms with E-state index in [-0.39, 0.29) is 12.1 Å². The molecule has 1 aliphatic heterocycles. The molecule has 1 saturated heterocycles. The number of nitrogens with one attached hydrogen (secondary N) is 1. The maximum absolute atomic E-state index is 5.95. The Morgan fingerprint density at radius 3 is 2.60 bits per heavy atom. The smallest absolute Gasteiger partial charge is 0.0991 e. The monoisotopic (exact) mass is 278 g/mol. The van der Waals surface area contributed by atoms with Gasteiger partial charge >= 0.3 is 0 Å². The number of hydrogen-bond acceptors (Lipinski definition) is 4. The third kappa shape index (κ3) is 4.28. The molecular weight excluding hydrogens is 252 g/mol. The number of nitrogens with two attached hydrogens (primary N) is 1. The summed E-state index contributed by atoms with van der Waals surface area (Å²) in [4.78, 5) is 0. The summed E-state index contributed by atoms with van der Waals surface area (Å²) in [7, 11) is 0. The van der Waals surface area contributed by atoms with Crippen LogP contribution in [-0.4, -0.2) is 25.9 Å². The molecule has 1 aliphatic rings. The quantitative estimate of drug-likeness (QED) is 0.594. The van der Waals surface area contributed by atoms with E-state index in [1.165, 1.54) is 5.56 Å². The fraction of sp³-hybridized carbons (Fsp3) is 0.625. The Morgan fingerprint density at radius 2 is 2.00 bits per heavy atom. The first kappa shape index (κ1) is 15.4. The maximum atomic E-state index is 5.95. The van der Waals surface area contributed by atoms with Crippen LogP contribution in [0.5, 0.6) is 0 Å². The van der Waals surface area contributed by atoms with Crippen molar-refractivity contribution in [2.24, 2.45) is 11.8 Å². The lowest BCUT2D eigenvalue weighted by atomic mass is 9.88. The first-order valence-corrected chi connectivity index (χ1v) is 7.55. The van der Waals surface area contributed by atoms with Crippen LogP contribution in [0.4, 0.5) is 0 Å². The number of ether oxygens (including phenoxy) is 2. The molecule has 20 heavy (non-hydrogen) atoms. The fourth-order valence-electron chi connectivity index (χ4n) is 2.89. The Hall–Kier alpha value is -0.940. The lowest BCUT2D eigenvalue weighted by Gasteiger charge is -2.31. The molecule has 3 N–H and O–H groups in total. The Kier molecular flexibility index (Phi) is 6.47. The van der Waals surface area contributed by atoms with E-state index in [0.29, 0.717) is 12.5 Å². The molecule has 0 amide bonds. The zero-order chi connectivity index (χ0) is 14.2. The largest absolute Gasteiger partial charge is 0.381 e. The first-order valence-electron chi connectivity index (χ1n) is 7.55. The summed E-state index contributed by atoms with van der Waals surface area (Å²) < 4.78 is 11.4. The summed E-state index contributed by atoms with van der Waals surface area (Å²) in [6, 6.07) is 10.5. The van der Waals surface area contributed by atoms with Gasteiger partial charge in [0.05, 0.1) is 12.1 Å². The highest BCUT2D eigenvalue weighted by Gasteiger charge is 2.26. The summed E-state index contributed by atoms with van der Waals surface area (Å²) in [6.45, 7) is 4.45. The minimum Gasteiger partial charge on any atom is -0.381 e. The van der Waals surface area contributed by atoms with Crippen LogP contribution in [0.15, 0.2) is 30.3 Å². The van der Waals surface area contributed by atoms with Crippen molar-refractivity contribution in [3.05, 3.63) is 35.9 Å². The third-order valence-electron chi connectivity index (χ3n) is 3.98. The molecule has 4 heteroatoms. The fourth-order valence-corrected chi connectivity index (χ4v) is 2.89. The SMILES string of the molecule is CCOC(c1ccccc1)C(CC1CCOCC1)NN. The first-order chi connectivity index (χ1) is 9.85. The highest BCUT2D eigenvalue weighted by molar-refractivity contribution is 5.19. The predicted molar refractivity (Wildman–Crippen MR) is 80.1 cm³/mol. The molecule has 2 unspecified atom stereocenters. The predicted octanol–water partition coefficient (Wildman–Crippen LogP) is 2.41. The van der Waals surface area contributed by atoms with Gasteiger partial charge in [0.2, 0.25) is 0 Å². The van der Waals surface area contributed by atoms with E-state index >= 15 is 0 Å². The molecule has 2 rings (SSSR count). The molecular formula is C16H26N2O2. The average Bonchev–Trinajstić information content (AvgIpc) is 2.52. The molecule has 2 atom stereocenters. The second-order valence-corrected chi connectivity index (χ2v) is 5.35. The second-order valence-electron chi connectivity index (χ2n) is 5.35. The molecule has 1 heterocycles. The van der Waals surface area contributed by atoms with Gasteiger partial charge < -0.3 is 9.47 Å². The van der Waals surface area contributed by atoms with E-state index in [4.69, 9.17) is 15.3 Å². The van der Waals surface area contributed by atoms with Crippen molar-refractivity contribution < 1.29 is 9.47 Å². The highest BCUT2D eigenvalue weighted by Crippen LogP contribution is 2.28. The minimum absolute atomic E-state index is 0.00837. The Labute approximate surface area is 121 Å². The molecule has 0 saturated carbocycles. The highest BCUT2D eigenvalue weighted by atomic mass is 16.5. The van der Waals surface area contributed by atoms with Crippen LogP contribution >= 0.6 is 0 Å². The Morgan fingerprint density at radius 1 is 1.30 bits per heavy atom. The molecule has 0 bridgehead atoms. The van der Waals surface area contributed by atoms with Crippen LogP contribution in [0.1, 0.15) is 37.9 Å². The second kappa shape index (κ2) is 8.37. The van der Waals surface area contributed by atoms with Gasteiger partial charge in [-0.1, -0.05) is 30.3 Å².